The Kier molecular flexibility index (Phi) is 4.13. The number of aldehydes is 1. The van der Waals surface area contributed by atoms with E-state index >= 15 is 0 Å². The molecule has 0 fully saturated rings. The molecule has 2 aromatic rings. The van der Waals surface area contributed by atoms with Crippen LogP contribution < -0.4 is 4.74 Å². The second-order valence-corrected chi connectivity index (χ2v) is 4.24. The van der Waals surface area contributed by atoms with Crippen molar-refractivity contribution in [2.75, 3.05) is 6.61 Å². The van der Waals surface area contributed by atoms with Gasteiger partial charge in [0.25, 0.3) is 0 Å². The SMILES string of the molecule is Cc1ccc(OCCc2ccccc2)c(C=O)c1. The van der Waals surface area contributed by atoms with Gasteiger partial charge in [-0.15, -0.1) is 0 Å². The van der Waals surface area contributed by atoms with Crippen LogP contribution in [-0.2, 0) is 6.42 Å². The van der Waals surface area contributed by atoms with Crippen LogP contribution in [0, 0.1) is 6.92 Å². The molecule has 0 aromatic heterocycles. The second kappa shape index (κ2) is 6.01. The van der Waals surface area contributed by atoms with Crippen molar-refractivity contribution in [3.63, 3.8) is 0 Å². The number of aryl methyl sites for hydroxylation is 1. The Hall–Kier alpha value is -2.09. The average molecular weight is 240 g/mol. The first-order valence-electron chi connectivity index (χ1n) is 6.02. The van der Waals surface area contributed by atoms with Crippen LogP contribution in [0.5, 0.6) is 5.75 Å². The summed E-state index contributed by atoms with van der Waals surface area (Å²) < 4.78 is 5.66. The van der Waals surface area contributed by atoms with Crippen LogP contribution in [0.25, 0.3) is 0 Å². The lowest BCUT2D eigenvalue weighted by Gasteiger charge is -2.09. The summed E-state index contributed by atoms with van der Waals surface area (Å²) in [5, 5.41) is 0. The predicted octanol–water partition coefficient (Wildman–Crippen LogP) is 3.43. The fourth-order valence-electron chi connectivity index (χ4n) is 1.81. The lowest BCUT2D eigenvalue weighted by Crippen LogP contribution is -2.03. The van der Waals surface area contributed by atoms with Crippen LogP contribution in [0.2, 0.25) is 0 Å². The van der Waals surface area contributed by atoms with E-state index in [-0.39, 0.29) is 0 Å². The predicted molar refractivity (Wildman–Crippen MR) is 72.2 cm³/mol. The van der Waals surface area contributed by atoms with Gasteiger partial charge >= 0.3 is 0 Å². The molecule has 0 aliphatic rings. The first-order chi connectivity index (χ1) is 8.79. The van der Waals surface area contributed by atoms with Gasteiger partial charge in [0.05, 0.1) is 12.2 Å². The van der Waals surface area contributed by atoms with E-state index in [2.05, 4.69) is 12.1 Å². The summed E-state index contributed by atoms with van der Waals surface area (Å²) in [4.78, 5) is 10.9. The third-order valence-electron chi connectivity index (χ3n) is 2.78. The minimum absolute atomic E-state index is 0.577. The molecule has 0 radical (unpaired) electrons. The highest BCUT2D eigenvalue weighted by molar-refractivity contribution is 5.79. The summed E-state index contributed by atoms with van der Waals surface area (Å²) >= 11 is 0. The minimum atomic E-state index is 0.577. The van der Waals surface area contributed by atoms with Gasteiger partial charge in [-0.25, -0.2) is 0 Å². The van der Waals surface area contributed by atoms with E-state index in [1.54, 1.807) is 0 Å². The lowest BCUT2D eigenvalue weighted by molar-refractivity contribution is 0.111. The van der Waals surface area contributed by atoms with Gasteiger partial charge in [0.2, 0.25) is 0 Å². The number of hydrogen-bond acceptors (Lipinski definition) is 2. The summed E-state index contributed by atoms with van der Waals surface area (Å²) in [6, 6.07) is 15.8. The number of rotatable bonds is 5. The Morgan fingerprint density at radius 2 is 1.89 bits per heavy atom. The summed E-state index contributed by atoms with van der Waals surface area (Å²) in [7, 11) is 0. The molecular weight excluding hydrogens is 224 g/mol. The third-order valence-corrected chi connectivity index (χ3v) is 2.78. The summed E-state index contributed by atoms with van der Waals surface area (Å²) in [6.07, 6.45) is 1.68. The summed E-state index contributed by atoms with van der Waals surface area (Å²) in [5.74, 6) is 0.659. The largest absolute Gasteiger partial charge is 0.492 e. The van der Waals surface area contributed by atoms with Crippen molar-refractivity contribution >= 4 is 6.29 Å². The van der Waals surface area contributed by atoms with Crippen molar-refractivity contribution in [1.29, 1.82) is 0 Å². The summed E-state index contributed by atoms with van der Waals surface area (Å²) in [6.45, 7) is 2.54. The highest BCUT2D eigenvalue weighted by Crippen LogP contribution is 2.18. The monoisotopic (exact) mass is 240 g/mol. The first kappa shape index (κ1) is 12.4. The summed E-state index contributed by atoms with van der Waals surface area (Å²) in [5.41, 5.74) is 2.91. The van der Waals surface area contributed by atoms with Crippen LogP contribution >= 0.6 is 0 Å². The van der Waals surface area contributed by atoms with Gasteiger partial charge in [-0.05, 0) is 24.6 Å². The molecule has 92 valence electrons. The fourth-order valence-corrected chi connectivity index (χ4v) is 1.81. The van der Waals surface area contributed by atoms with Gasteiger partial charge < -0.3 is 4.74 Å². The van der Waals surface area contributed by atoms with Gasteiger partial charge in [-0.1, -0.05) is 42.0 Å². The van der Waals surface area contributed by atoms with Crippen LogP contribution in [0.1, 0.15) is 21.5 Å². The van der Waals surface area contributed by atoms with Crippen molar-refractivity contribution in [1.82, 2.24) is 0 Å². The van der Waals surface area contributed by atoms with Gasteiger partial charge in [0, 0.05) is 6.42 Å². The number of ether oxygens (including phenoxy) is 1. The molecule has 0 N–H and O–H groups in total. The molecule has 2 aromatic carbocycles. The molecule has 18 heavy (non-hydrogen) atoms. The van der Waals surface area contributed by atoms with E-state index in [1.165, 1.54) is 5.56 Å². The van der Waals surface area contributed by atoms with E-state index in [0.717, 1.165) is 18.3 Å². The maximum atomic E-state index is 10.9. The fraction of sp³-hybridized carbons (Fsp3) is 0.188. The first-order valence-corrected chi connectivity index (χ1v) is 6.02. The topological polar surface area (TPSA) is 26.3 Å². The van der Waals surface area contributed by atoms with Gasteiger partial charge in [0.15, 0.2) is 6.29 Å². The molecule has 0 heterocycles. The Bertz CT molecular complexity index is 518. The zero-order chi connectivity index (χ0) is 12.8. The standard InChI is InChI=1S/C16H16O2/c1-13-7-8-16(15(11-13)12-17)18-10-9-14-5-3-2-4-6-14/h2-8,11-12H,9-10H2,1H3. The molecule has 0 saturated carbocycles. The average Bonchev–Trinajstić information content (AvgIpc) is 2.41. The molecule has 2 heteroatoms. The van der Waals surface area contributed by atoms with E-state index < -0.39 is 0 Å². The molecule has 0 aliphatic heterocycles. The van der Waals surface area contributed by atoms with Crippen molar-refractivity contribution in [3.8, 4) is 5.75 Å². The normalized spacial score (nSPS) is 10.1. The van der Waals surface area contributed by atoms with Crippen LogP contribution in [0.3, 0.4) is 0 Å². The van der Waals surface area contributed by atoms with Gasteiger partial charge in [-0.3, -0.25) is 4.79 Å². The van der Waals surface area contributed by atoms with Crippen LogP contribution in [0.15, 0.2) is 48.5 Å². The van der Waals surface area contributed by atoms with E-state index in [0.29, 0.717) is 17.9 Å². The molecule has 0 unspecified atom stereocenters. The molecule has 0 spiro atoms. The van der Waals surface area contributed by atoms with Crippen LogP contribution in [-0.4, -0.2) is 12.9 Å². The third kappa shape index (κ3) is 3.20. The quantitative estimate of drug-likeness (QED) is 0.748. The van der Waals surface area contributed by atoms with E-state index in [9.17, 15) is 4.79 Å². The molecule has 0 aliphatic carbocycles. The van der Waals surface area contributed by atoms with E-state index in [1.807, 2.05) is 43.3 Å². The molecule has 0 bridgehead atoms. The molecule has 2 rings (SSSR count). The maximum Gasteiger partial charge on any atom is 0.153 e. The van der Waals surface area contributed by atoms with Crippen molar-refractivity contribution in [2.45, 2.75) is 13.3 Å². The lowest BCUT2D eigenvalue weighted by atomic mass is 10.1. The number of hydrogen-bond donors (Lipinski definition) is 0. The molecule has 0 atom stereocenters. The zero-order valence-corrected chi connectivity index (χ0v) is 10.4. The molecule has 2 nitrogen and oxygen atoms in total. The van der Waals surface area contributed by atoms with Crippen molar-refractivity contribution in [3.05, 3.63) is 65.2 Å². The number of carbonyl (C=O) groups is 1. The van der Waals surface area contributed by atoms with Crippen molar-refractivity contribution in [2.24, 2.45) is 0 Å². The zero-order valence-electron chi connectivity index (χ0n) is 10.4. The van der Waals surface area contributed by atoms with E-state index in [4.69, 9.17) is 4.74 Å². The number of carbonyl (C=O) groups excluding carboxylic acids is 1. The molecular formula is C16H16O2. The molecule has 0 saturated heterocycles. The Morgan fingerprint density at radius 1 is 1.11 bits per heavy atom. The second-order valence-electron chi connectivity index (χ2n) is 4.24. The Balaban J connectivity index is 1.96. The molecule has 0 amide bonds. The Labute approximate surface area is 107 Å². The maximum absolute atomic E-state index is 10.9. The van der Waals surface area contributed by atoms with Gasteiger partial charge in [-0.2, -0.15) is 0 Å². The highest BCUT2D eigenvalue weighted by Gasteiger charge is 2.03. The van der Waals surface area contributed by atoms with Crippen LogP contribution in [0.4, 0.5) is 0 Å². The van der Waals surface area contributed by atoms with Crippen molar-refractivity contribution < 1.29 is 9.53 Å². The smallest absolute Gasteiger partial charge is 0.153 e. The number of benzene rings is 2. The Morgan fingerprint density at radius 3 is 2.61 bits per heavy atom. The van der Waals surface area contributed by atoms with Gasteiger partial charge in [0.1, 0.15) is 5.75 Å². The highest BCUT2D eigenvalue weighted by atomic mass is 16.5. The minimum Gasteiger partial charge on any atom is -0.492 e.